The molecule has 18 N–H and O–H groups in total. The summed E-state index contributed by atoms with van der Waals surface area (Å²) in [6.07, 6.45) is 5.90. The molecule has 0 saturated heterocycles. The van der Waals surface area contributed by atoms with Gasteiger partial charge < -0.3 is 71.2 Å². The largest absolute Gasteiger partial charge is 0.370 e. The van der Waals surface area contributed by atoms with Gasteiger partial charge in [-0.15, -0.1) is 0 Å². The molecule has 0 aliphatic rings. The fourth-order valence-corrected chi connectivity index (χ4v) is 7.33. The Labute approximate surface area is 421 Å². The lowest BCUT2D eigenvalue weighted by atomic mass is 9.97. The van der Waals surface area contributed by atoms with Crippen LogP contribution in [0.15, 0.2) is 22.1 Å². The summed E-state index contributed by atoms with van der Waals surface area (Å²) >= 11 is 0. The number of hydrogen-bond donors (Lipinski definition) is 13. The van der Waals surface area contributed by atoms with E-state index in [0.29, 0.717) is 25.8 Å². The maximum atomic E-state index is 14.3. The van der Waals surface area contributed by atoms with E-state index in [1.54, 1.807) is 26.0 Å². The predicted octanol–water partition coefficient (Wildman–Crippen LogP) is -0.631. The van der Waals surface area contributed by atoms with Crippen molar-refractivity contribution in [1.82, 2.24) is 42.5 Å². The van der Waals surface area contributed by atoms with Crippen LogP contribution in [-0.4, -0.2) is 128 Å². The van der Waals surface area contributed by atoms with E-state index in [0.717, 1.165) is 0 Å². The molecule has 0 radical (unpaired) electrons. The van der Waals surface area contributed by atoms with Gasteiger partial charge in [0.15, 0.2) is 11.9 Å². The van der Waals surface area contributed by atoms with Gasteiger partial charge in [-0.25, -0.2) is 4.99 Å². The van der Waals surface area contributed by atoms with Crippen molar-refractivity contribution in [3.05, 3.63) is 12.2 Å². The normalized spacial score (nSPS) is 14.4. The van der Waals surface area contributed by atoms with Crippen LogP contribution in [0.5, 0.6) is 0 Å². The molecule has 0 aliphatic heterocycles. The second-order valence-electron chi connectivity index (χ2n) is 20.0. The summed E-state index contributed by atoms with van der Waals surface area (Å²) in [5, 5.41) is 22.2. The molecule has 7 atom stereocenters. The number of nitrogens with two attached hydrogens (primary N) is 5. The Kier molecular flexibility index (Phi) is 32.2. The third-order valence-electron chi connectivity index (χ3n) is 10.8. The SMILES string of the molecule is CC(=O)N[C@H](CC(C)C)C(=O)N[C@@H](CC(C)C)C(=O)N[C@@H](CC(C)C)C(=O)N[C@@H](CC(C)C)C(=O)N[C@@H](CCCN=C(N)N)C(=O)N[C@H](C(=O)N[C@@H](CCCCN)C(=O)NC/C=C/CN=C(N)N)C(C)C. The molecule has 23 heteroatoms. The number of nitrogens with one attached hydrogen (secondary N) is 8. The Bertz CT molecular complexity index is 1780. The predicted molar refractivity (Wildman–Crippen MR) is 277 cm³/mol. The molecule has 0 bridgehead atoms. The van der Waals surface area contributed by atoms with Gasteiger partial charge in [0.1, 0.15) is 42.3 Å². The van der Waals surface area contributed by atoms with Crippen molar-refractivity contribution < 1.29 is 38.4 Å². The van der Waals surface area contributed by atoms with Crippen molar-refractivity contribution in [2.75, 3.05) is 26.2 Å². The molecule has 0 aromatic heterocycles. The van der Waals surface area contributed by atoms with Crippen molar-refractivity contribution in [2.24, 2.45) is 68.2 Å². The third-order valence-corrected chi connectivity index (χ3v) is 10.8. The molecule has 0 rings (SSSR count). The van der Waals surface area contributed by atoms with Crippen molar-refractivity contribution in [1.29, 1.82) is 0 Å². The van der Waals surface area contributed by atoms with Crippen LogP contribution in [0.1, 0.15) is 134 Å². The fraction of sp³-hybridized carbons (Fsp3) is 0.750. The molecule has 406 valence electrons. The van der Waals surface area contributed by atoms with E-state index >= 15 is 0 Å². The fourth-order valence-electron chi connectivity index (χ4n) is 7.33. The van der Waals surface area contributed by atoms with Crippen LogP contribution >= 0.6 is 0 Å². The summed E-state index contributed by atoms with van der Waals surface area (Å²) in [5.41, 5.74) is 27.5. The molecule has 0 aromatic rings. The van der Waals surface area contributed by atoms with Crippen LogP contribution in [0, 0.1) is 29.6 Å². The van der Waals surface area contributed by atoms with E-state index in [-0.39, 0.29) is 93.7 Å². The first-order valence-electron chi connectivity index (χ1n) is 25.0. The van der Waals surface area contributed by atoms with E-state index in [2.05, 4.69) is 52.5 Å². The molecule has 8 amide bonds. The average Bonchev–Trinajstić information content (AvgIpc) is 3.24. The van der Waals surface area contributed by atoms with Gasteiger partial charge in [0.25, 0.3) is 0 Å². The van der Waals surface area contributed by atoms with Crippen molar-refractivity contribution in [3.63, 3.8) is 0 Å². The highest BCUT2D eigenvalue weighted by molar-refractivity contribution is 5.97. The Morgan fingerprint density at radius 3 is 1.23 bits per heavy atom. The van der Waals surface area contributed by atoms with Crippen molar-refractivity contribution >= 4 is 59.2 Å². The van der Waals surface area contributed by atoms with E-state index < -0.39 is 95.5 Å². The number of amides is 8. The standard InChI is InChI=1S/C48H91N15O8/c1-27(2)23-35(57-32(11)64)42(67)60-37(25-29(5)6)44(69)62-38(26-30(7)8)45(70)61-36(24-28(3)4)43(68)58-34(18-16-22-56-48(52)53)41(66)63-39(31(9)10)46(71)59-33(17-12-13-19-49)40(65)54-20-14-15-21-55-47(50)51/h14-15,27-31,33-39H,12-13,16-26,49H2,1-11H3,(H,54,65)(H,57,64)(H,58,68)(H,59,71)(H,60,67)(H,61,70)(H,62,69)(H,63,66)(H4,50,51,55)(H4,52,53,56)/b15-14+/t33-,34-,35+,36-,37-,38-,39-/m0/s1. The van der Waals surface area contributed by atoms with Crippen molar-refractivity contribution in [3.8, 4) is 0 Å². The molecular formula is C48H91N15O8. The molecule has 0 fully saturated rings. The van der Waals surface area contributed by atoms with E-state index in [1.165, 1.54) is 6.92 Å². The van der Waals surface area contributed by atoms with Crippen LogP contribution in [0.3, 0.4) is 0 Å². The lowest BCUT2D eigenvalue weighted by Crippen LogP contribution is -2.61. The topological polar surface area (TPSA) is 388 Å². The van der Waals surface area contributed by atoms with Crippen LogP contribution in [0.4, 0.5) is 0 Å². The number of guanidine groups is 2. The van der Waals surface area contributed by atoms with Crippen LogP contribution in [-0.2, 0) is 38.4 Å². The maximum Gasteiger partial charge on any atom is 0.243 e. The molecule has 23 nitrogen and oxygen atoms in total. The summed E-state index contributed by atoms with van der Waals surface area (Å²) in [7, 11) is 0. The molecule has 71 heavy (non-hydrogen) atoms. The third kappa shape index (κ3) is 29.7. The summed E-state index contributed by atoms with van der Waals surface area (Å²) in [4.78, 5) is 117. The summed E-state index contributed by atoms with van der Waals surface area (Å²) < 4.78 is 0. The van der Waals surface area contributed by atoms with E-state index in [4.69, 9.17) is 28.7 Å². The molecular weight excluding hydrogens is 915 g/mol. The maximum absolute atomic E-state index is 14.3. The quantitative estimate of drug-likeness (QED) is 0.0163. The summed E-state index contributed by atoms with van der Waals surface area (Å²) in [5.74, 6) is -5.60. The van der Waals surface area contributed by atoms with Crippen LogP contribution in [0.25, 0.3) is 0 Å². The highest BCUT2D eigenvalue weighted by atomic mass is 16.2. The minimum Gasteiger partial charge on any atom is -0.370 e. The monoisotopic (exact) mass is 1010 g/mol. The van der Waals surface area contributed by atoms with Crippen LogP contribution < -0.4 is 71.2 Å². The van der Waals surface area contributed by atoms with Gasteiger partial charge in [-0.05, 0) is 93.9 Å². The van der Waals surface area contributed by atoms with Gasteiger partial charge in [-0.2, -0.15) is 0 Å². The second-order valence-corrected chi connectivity index (χ2v) is 20.0. The molecule has 0 spiro atoms. The average molecular weight is 1010 g/mol. The molecule has 0 saturated carbocycles. The van der Waals surface area contributed by atoms with Gasteiger partial charge in [0, 0.05) is 20.0 Å². The highest BCUT2D eigenvalue weighted by Crippen LogP contribution is 2.14. The zero-order chi connectivity index (χ0) is 54.4. The minimum atomic E-state index is -1.24. The molecule has 0 heterocycles. The zero-order valence-corrected chi connectivity index (χ0v) is 44.3. The molecule has 0 unspecified atom stereocenters. The first-order valence-corrected chi connectivity index (χ1v) is 25.0. The Hall–Kier alpha value is -6.00. The van der Waals surface area contributed by atoms with Gasteiger partial charge in [0.05, 0.1) is 6.54 Å². The minimum absolute atomic E-state index is 0.0267. The Morgan fingerprint density at radius 2 is 0.831 bits per heavy atom. The lowest BCUT2D eigenvalue weighted by Gasteiger charge is -2.30. The van der Waals surface area contributed by atoms with E-state index in [9.17, 15) is 38.4 Å². The second kappa shape index (κ2) is 35.2. The molecule has 0 aromatic carbocycles. The Morgan fingerprint density at radius 1 is 0.451 bits per heavy atom. The summed E-state index contributed by atoms with van der Waals surface area (Å²) in [6, 6.07) is -7.58. The smallest absolute Gasteiger partial charge is 0.243 e. The van der Waals surface area contributed by atoms with Crippen LogP contribution in [0.2, 0.25) is 0 Å². The zero-order valence-electron chi connectivity index (χ0n) is 44.3. The highest BCUT2D eigenvalue weighted by Gasteiger charge is 2.35. The van der Waals surface area contributed by atoms with E-state index in [1.807, 2.05) is 55.4 Å². The van der Waals surface area contributed by atoms with Gasteiger partial charge in [-0.1, -0.05) is 81.4 Å². The van der Waals surface area contributed by atoms with Gasteiger partial charge in [0.2, 0.25) is 47.3 Å². The molecule has 0 aliphatic carbocycles. The number of hydrogen-bond acceptors (Lipinski definition) is 11. The first-order chi connectivity index (χ1) is 33.2. The van der Waals surface area contributed by atoms with Gasteiger partial charge in [-0.3, -0.25) is 43.3 Å². The number of nitrogens with zero attached hydrogens (tertiary/aromatic N) is 2. The number of unbranched alkanes of at least 4 members (excludes halogenated alkanes) is 1. The number of carbonyl (C=O) groups is 8. The van der Waals surface area contributed by atoms with Crippen molar-refractivity contribution in [2.45, 2.75) is 176 Å². The summed E-state index contributed by atoms with van der Waals surface area (Å²) in [6.45, 7) is 20.6. The first kappa shape index (κ1) is 65.0. The number of rotatable bonds is 35. The van der Waals surface area contributed by atoms with Gasteiger partial charge >= 0.3 is 0 Å². The lowest BCUT2D eigenvalue weighted by molar-refractivity contribution is -0.136. The number of aliphatic imine (C=N–C) groups is 2. The number of carbonyl (C=O) groups excluding carboxylic acids is 8. The Balaban J connectivity index is 6.65.